The van der Waals surface area contributed by atoms with E-state index in [1.54, 1.807) is 13.2 Å². The van der Waals surface area contributed by atoms with Gasteiger partial charge in [-0.3, -0.25) is 4.79 Å². The lowest BCUT2D eigenvalue weighted by Gasteiger charge is -2.05. The monoisotopic (exact) mass is 359 g/mol. The number of hydrogen-bond donors (Lipinski definition) is 1. The van der Waals surface area contributed by atoms with Crippen molar-refractivity contribution in [3.05, 3.63) is 51.9 Å². The summed E-state index contributed by atoms with van der Waals surface area (Å²) in [4.78, 5) is 25.3. The molecule has 0 aliphatic heterocycles. The van der Waals surface area contributed by atoms with E-state index in [0.29, 0.717) is 17.0 Å². The van der Waals surface area contributed by atoms with Gasteiger partial charge in [-0.1, -0.05) is 19.1 Å². The van der Waals surface area contributed by atoms with Crippen LogP contribution in [0.15, 0.2) is 30.3 Å². The molecule has 0 saturated carbocycles. The van der Waals surface area contributed by atoms with Gasteiger partial charge in [-0.15, -0.1) is 11.3 Å². The molecule has 5 nitrogen and oxygen atoms in total. The van der Waals surface area contributed by atoms with Gasteiger partial charge >= 0.3 is 5.97 Å². The predicted octanol–water partition coefficient (Wildman–Crippen LogP) is 4.07. The molecule has 0 bridgehead atoms. The number of amides is 1. The summed E-state index contributed by atoms with van der Waals surface area (Å²) >= 11 is 1.38. The van der Waals surface area contributed by atoms with E-state index in [2.05, 4.69) is 5.32 Å². The number of aryl methyl sites for hydroxylation is 1. The zero-order valence-electron chi connectivity index (χ0n) is 14.7. The van der Waals surface area contributed by atoms with Crippen LogP contribution in [0.1, 0.15) is 33.3 Å². The van der Waals surface area contributed by atoms with Crippen LogP contribution in [0, 0.1) is 6.92 Å². The number of nitrogens with one attached hydrogen (secondary N) is 1. The Bertz CT molecular complexity index is 791. The van der Waals surface area contributed by atoms with Gasteiger partial charge in [0.15, 0.2) is 0 Å². The fraction of sp³-hybridized carbons (Fsp3) is 0.263. The molecule has 0 unspecified atom stereocenters. The Hall–Kier alpha value is -2.60. The molecule has 0 atom stereocenters. The largest absolute Gasteiger partial charge is 0.497 e. The van der Waals surface area contributed by atoms with Crippen molar-refractivity contribution < 1.29 is 19.1 Å². The van der Waals surface area contributed by atoms with Crippen molar-refractivity contribution in [1.82, 2.24) is 0 Å². The van der Waals surface area contributed by atoms with Crippen LogP contribution in [0.5, 0.6) is 5.75 Å². The molecule has 1 amide bonds. The summed E-state index contributed by atoms with van der Waals surface area (Å²) in [7, 11) is 2.94. The number of esters is 1. The van der Waals surface area contributed by atoms with E-state index < -0.39 is 5.97 Å². The number of carbonyl (C=O) groups excluding carboxylic acids is 2. The minimum Gasteiger partial charge on any atom is -0.497 e. The number of rotatable bonds is 6. The number of hydrogen-bond acceptors (Lipinski definition) is 5. The van der Waals surface area contributed by atoms with Gasteiger partial charge < -0.3 is 14.8 Å². The molecule has 25 heavy (non-hydrogen) atoms. The van der Waals surface area contributed by atoms with Crippen LogP contribution in [0.2, 0.25) is 0 Å². The van der Waals surface area contributed by atoms with E-state index >= 15 is 0 Å². The summed E-state index contributed by atoms with van der Waals surface area (Å²) in [5.74, 6) is 0.0194. The van der Waals surface area contributed by atoms with Crippen LogP contribution in [0.25, 0.3) is 6.08 Å². The molecular weight excluding hydrogens is 338 g/mol. The fourth-order valence-electron chi connectivity index (χ4n) is 2.45. The van der Waals surface area contributed by atoms with Crippen molar-refractivity contribution >= 4 is 34.3 Å². The SMILES string of the molecule is CCc1c(C)sc(NC(=O)/C=C/c2ccc(OC)cc2)c1C(=O)OC. The molecule has 0 aliphatic carbocycles. The molecule has 0 radical (unpaired) electrons. The lowest BCUT2D eigenvalue weighted by atomic mass is 10.1. The molecule has 0 saturated heterocycles. The number of carbonyl (C=O) groups is 2. The highest BCUT2D eigenvalue weighted by molar-refractivity contribution is 7.16. The maximum atomic E-state index is 12.2. The number of methoxy groups -OCH3 is 2. The Morgan fingerprint density at radius 2 is 1.88 bits per heavy atom. The predicted molar refractivity (Wildman–Crippen MR) is 100 cm³/mol. The van der Waals surface area contributed by atoms with Gasteiger partial charge in [-0.05, 0) is 42.7 Å². The molecule has 2 rings (SSSR count). The number of ether oxygens (including phenoxy) is 2. The van der Waals surface area contributed by atoms with E-state index in [-0.39, 0.29) is 5.91 Å². The second-order valence-corrected chi connectivity index (χ2v) is 6.51. The first-order valence-electron chi connectivity index (χ1n) is 7.83. The fourth-order valence-corrected chi connectivity index (χ4v) is 3.59. The Morgan fingerprint density at radius 3 is 2.44 bits per heavy atom. The lowest BCUT2D eigenvalue weighted by Crippen LogP contribution is -2.12. The summed E-state index contributed by atoms with van der Waals surface area (Å²) in [6.07, 6.45) is 3.83. The molecule has 1 N–H and O–H groups in total. The van der Waals surface area contributed by atoms with Crippen molar-refractivity contribution in [1.29, 1.82) is 0 Å². The van der Waals surface area contributed by atoms with Crippen molar-refractivity contribution in [2.75, 3.05) is 19.5 Å². The average molecular weight is 359 g/mol. The first kappa shape index (κ1) is 18.7. The number of benzene rings is 1. The molecule has 1 aromatic carbocycles. The second kappa shape index (κ2) is 8.48. The van der Waals surface area contributed by atoms with Gasteiger partial charge in [0.1, 0.15) is 10.8 Å². The van der Waals surface area contributed by atoms with E-state index in [1.165, 1.54) is 24.5 Å². The third-order valence-electron chi connectivity index (χ3n) is 3.73. The summed E-state index contributed by atoms with van der Waals surface area (Å²) in [6.45, 7) is 3.90. The van der Waals surface area contributed by atoms with Crippen LogP contribution in [0.4, 0.5) is 5.00 Å². The maximum Gasteiger partial charge on any atom is 0.341 e. The second-order valence-electron chi connectivity index (χ2n) is 5.28. The first-order valence-corrected chi connectivity index (χ1v) is 8.65. The zero-order valence-corrected chi connectivity index (χ0v) is 15.5. The summed E-state index contributed by atoms with van der Waals surface area (Å²) in [5.41, 5.74) is 2.23. The molecule has 0 spiro atoms. The summed E-state index contributed by atoms with van der Waals surface area (Å²) < 4.78 is 9.95. The van der Waals surface area contributed by atoms with Gasteiger partial charge in [0.05, 0.1) is 19.8 Å². The van der Waals surface area contributed by atoms with Crippen LogP contribution in [-0.2, 0) is 16.0 Å². The Kier molecular flexibility index (Phi) is 6.36. The first-order chi connectivity index (χ1) is 12.0. The Morgan fingerprint density at radius 1 is 1.20 bits per heavy atom. The molecule has 6 heteroatoms. The van der Waals surface area contributed by atoms with Crippen molar-refractivity contribution in [2.24, 2.45) is 0 Å². The van der Waals surface area contributed by atoms with Crippen LogP contribution in [-0.4, -0.2) is 26.1 Å². The average Bonchev–Trinajstić information content (AvgIpc) is 2.94. The molecule has 1 heterocycles. The van der Waals surface area contributed by atoms with Crippen molar-refractivity contribution in [3.8, 4) is 5.75 Å². The molecular formula is C19H21NO4S. The molecule has 1 aromatic heterocycles. The van der Waals surface area contributed by atoms with Gasteiger partial charge in [0, 0.05) is 11.0 Å². The standard InChI is InChI=1S/C19H21NO4S/c1-5-15-12(2)25-18(17(15)19(22)24-4)20-16(21)11-8-13-6-9-14(23-3)10-7-13/h6-11H,5H2,1-4H3,(H,20,21)/b11-8+. The topological polar surface area (TPSA) is 64.6 Å². The van der Waals surface area contributed by atoms with Crippen molar-refractivity contribution in [2.45, 2.75) is 20.3 Å². The third kappa shape index (κ3) is 4.48. The minimum absolute atomic E-state index is 0.301. The molecule has 2 aromatic rings. The maximum absolute atomic E-state index is 12.2. The number of anilines is 1. The van der Waals surface area contributed by atoms with Crippen LogP contribution in [0.3, 0.4) is 0 Å². The number of thiophene rings is 1. The molecule has 0 aliphatic rings. The van der Waals surface area contributed by atoms with E-state index in [9.17, 15) is 9.59 Å². The van der Waals surface area contributed by atoms with Gasteiger partial charge in [-0.25, -0.2) is 4.79 Å². The highest BCUT2D eigenvalue weighted by Gasteiger charge is 2.22. The molecule has 132 valence electrons. The summed E-state index contributed by atoms with van der Waals surface area (Å²) in [5, 5.41) is 3.30. The van der Waals surface area contributed by atoms with Crippen LogP contribution >= 0.6 is 11.3 Å². The van der Waals surface area contributed by atoms with E-state index in [0.717, 1.165) is 21.8 Å². The van der Waals surface area contributed by atoms with Gasteiger partial charge in [0.25, 0.3) is 0 Å². The van der Waals surface area contributed by atoms with E-state index in [4.69, 9.17) is 9.47 Å². The minimum atomic E-state index is -0.435. The lowest BCUT2D eigenvalue weighted by molar-refractivity contribution is -0.111. The highest BCUT2D eigenvalue weighted by Crippen LogP contribution is 2.34. The van der Waals surface area contributed by atoms with Gasteiger partial charge in [0.2, 0.25) is 5.91 Å². The van der Waals surface area contributed by atoms with E-state index in [1.807, 2.05) is 38.1 Å². The normalized spacial score (nSPS) is 10.7. The Balaban J connectivity index is 2.17. The van der Waals surface area contributed by atoms with Gasteiger partial charge in [-0.2, -0.15) is 0 Å². The highest BCUT2D eigenvalue weighted by atomic mass is 32.1. The van der Waals surface area contributed by atoms with Crippen LogP contribution < -0.4 is 10.1 Å². The third-order valence-corrected chi connectivity index (χ3v) is 4.79. The summed E-state index contributed by atoms with van der Waals surface area (Å²) in [6, 6.07) is 7.35. The molecule has 0 fully saturated rings. The zero-order chi connectivity index (χ0) is 18.4. The Labute approximate surface area is 151 Å². The quantitative estimate of drug-likeness (QED) is 0.624. The smallest absolute Gasteiger partial charge is 0.341 e. The van der Waals surface area contributed by atoms with Crippen molar-refractivity contribution in [3.63, 3.8) is 0 Å².